The van der Waals surface area contributed by atoms with Crippen molar-refractivity contribution >= 4 is 33.2 Å². The van der Waals surface area contributed by atoms with E-state index in [0.717, 1.165) is 18.4 Å². The van der Waals surface area contributed by atoms with Gasteiger partial charge in [-0.3, -0.25) is 14.1 Å². The van der Waals surface area contributed by atoms with E-state index < -0.39 is 10.0 Å². The quantitative estimate of drug-likeness (QED) is 0.716. The molecule has 8 heteroatoms. The van der Waals surface area contributed by atoms with Gasteiger partial charge in [-0.1, -0.05) is 11.6 Å². The molecule has 0 aliphatic carbocycles. The van der Waals surface area contributed by atoms with Crippen molar-refractivity contribution in [2.24, 2.45) is 0 Å². The topological polar surface area (TPSA) is 70.6 Å². The van der Waals surface area contributed by atoms with Gasteiger partial charge in [0, 0.05) is 32.0 Å². The molecule has 2 aromatic rings. The summed E-state index contributed by atoms with van der Waals surface area (Å²) in [5, 5.41) is 0.269. The average molecular weight is 422 g/mol. The number of likely N-dealkylation sites (N-methyl/N-ethyl adjacent to an activating group) is 1. The minimum Gasteiger partial charge on any atom is -0.339 e. The summed E-state index contributed by atoms with van der Waals surface area (Å²) in [6.45, 7) is 3.49. The minimum atomic E-state index is -3.31. The number of benzene rings is 1. The van der Waals surface area contributed by atoms with Crippen molar-refractivity contribution in [1.82, 2.24) is 9.88 Å². The Morgan fingerprint density at radius 3 is 2.61 bits per heavy atom. The number of hydrogen-bond donors (Lipinski definition) is 0. The number of hydrogen-bond acceptors (Lipinski definition) is 4. The van der Waals surface area contributed by atoms with Gasteiger partial charge in [-0.15, -0.1) is 0 Å². The van der Waals surface area contributed by atoms with Crippen LogP contribution in [0.15, 0.2) is 42.7 Å². The molecule has 1 aliphatic heterocycles. The van der Waals surface area contributed by atoms with E-state index in [1.807, 2.05) is 19.1 Å². The zero-order chi connectivity index (χ0) is 20.1. The van der Waals surface area contributed by atoms with Crippen molar-refractivity contribution in [3.63, 3.8) is 0 Å². The number of nitrogens with zero attached hydrogens (tertiary/aromatic N) is 3. The van der Waals surface area contributed by atoms with Crippen LogP contribution in [-0.2, 0) is 16.4 Å². The Bertz CT molecular complexity index is 935. The lowest BCUT2D eigenvalue weighted by Gasteiger charge is -2.29. The molecule has 1 fully saturated rings. The Morgan fingerprint density at radius 2 is 1.96 bits per heavy atom. The van der Waals surface area contributed by atoms with Crippen molar-refractivity contribution in [3.05, 3.63) is 58.9 Å². The highest BCUT2D eigenvalue weighted by atomic mass is 35.5. The average Bonchev–Trinajstić information content (AvgIpc) is 2.68. The Labute approximate surface area is 171 Å². The number of anilines is 1. The van der Waals surface area contributed by atoms with E-state index in [4.69, 9.17) is 11.6 Å². The van der Waals surface area contributed by atoms with E-state index in [1.54, 1.807) is 35.5 Å². The minimum absolute atomic E-state index is 0.143. The molecule has 0 saturated carbocycles. The summed E-state index contributed by atoms with van der Waals surface area (Å²) in [6, 6.07) is 8.73. The van der Waals surface area contributed by atoms with Gasteiger partial charge in [-0.2, -0.15) is 0 Å². The summed E-state index contributed by atoms with van der Waals surface area (Å²) in [5.41, 5.74) is 2.01. The van der Waals surface area contributed by atoms with Crippen LogP contribution in [0.1, 0.15) is 35.7 Å². The van der Waals surface area contributed by atoms with E-state index in [1.165, 1.54) is 4.31 Å². The Kier molecular flexibility index (Phi) is 6.57. The van der Waals surface area contributed by atoms with Gasteiger partial charge in [0.15, 0.2) is 0 Å². The van der Waals surface area contributed by atoms with Gasteiger partial charge in [0.2, 0.25) is 10.0 Å². The van der Waals surface area contributed by atoms with Crippen LogP contribution in [0.25, 0.3) is 0 Å². The van der Waals surface area contributed by atoms with E-state index in [0.29, 0.717) is 37.3 Å². The third-order valence-corrected chi connectivity index (χ3v) is 7.09. The smallest absolute Gasteiger partial charge is 0.255 e. The summed E-state index contributed by atoms with van der Waals surface area (Å²) in [6.07, 6.45) is 5.68. The maximum Gasteiger partial charge on any atom is 0.255 e. The summed E-state index contributed by atoms with van der Waals surface area (Å²) < 4.78 is 26.0. The van der Waals surface area contributed by atoms with Crippen molar-refractivity contribution in [3.8, 4) is 0 Å². The first-order chi connectivity index (χ1) is 13.4. The number of halogens is 1. The molecule has 0 atom stereocenters. The predicted molar refractivity (Wildman–Crippen MR) is 111 cm³/mol. The molecule has 1 aromatic heterocycles. The van der Waals surface area contributed by atoms with Gasteiger partial charge in [0.25, 0.3) is 5.91 Å². The molecular formula is C20H24ClN3O3S. The maximum absolute atomic E-state index is 12.9. The molecule has 0 unspecified atom stereocenters. The van der Waals surface area contributed by atoms with Crippen LogP contribution >= 0.6 is 11.6 Å². The molecule has 1 saturated heterocycles. The van der Waals surface area contributed by atoms with E-state index >= 15 is 0 Å². The molecule has 1 amide bonds. The summed E-state index contributed by atoms with van der Waals surface area (Å²) >= 11 is 6.38. The SMILES string of the molecule is CCN(CCc1ccncc1)C(=O)c1ccc(N2CCCCS2(=O)=O)cc1Cl. The van der Waals surface area contributed by atoms with Crippen LogP contribution in [-0.4, -0.2) is 49.6 Å². The zero-order valence-corrected chi connectivity index (χ0v) is 17.4. The molecule has 1 aliphatic rings. The molecule has 28 heavy (non-hydrogen) atoms. The van der Waals surface area contributed by atoms with Crippen LogP contribution in [0.3, 0.4) is 0 Å². The molecule has 2 heterocycles. The van der Waals surface area contributed by atoms with Crippen LogP contribution in [0.2, 0.25) is 5.02 Å². The van der Waals surface area contributed by atoms with Gasteiger partial charge >= 0.3 is 0 Å². The van der Waals surface area contributed by atoms with Crippen LogP contribution in [0.5, 0.6) is 0 Å². The third-order valence-electron chi connectivity index (χ3n) is 4.91. The van der Waals surface area contributed by atoms with E-state index in [9.17, 15) is 13.2 Å². The van der Waals surface area contributed by atoms with Crippen molar-refractivity contribution in [2.75, 3.05) is 29.7 Å². The van der Waals surface area contributed by atoms with Gasteiger partial charge in [0.05, 0.1) is 22.0 Å². The monoisotopic (exact) mass is 421 g/mol. The first-order valence-corrected chi connectivity index (χ1v) is 11.4. The lowest BCUT2D eigenvalue weighted by atomic mass is 10.1. The Hall–Kier alpha value is -2.12. The summed E-state index contributed by atoms with van der Waals surface area (Å²) in [4.78, 5) is 18.7. The Balaban J connectivity index is 1.75. The number of amides is 1. The van der Waals surface area contributed by atoms with Crippen LogP contribution < -0.4 is 4.31 Å². The van der Waals surface area contributed by atoms with Gasteiger partial charge in [-0.05, 0) is 62.1 Å². The lowest BCUT2D eigenvalue weighted by molar-refractivity contribution is 0.0766. The van der Waals surface area contributed by atoms with Gasteiger partial charge < -0.3 is 4.90 Å². The highest BCUT2D eigenvalue weighted by molar-refractivity contribution is 7.92. The van der Waals surface area contributed by atoms with Crippen molar-refractivity contribution < 1.29 is 13.2 Å². The fourth-order valence-electron chi connectivity index (χ4n) is 3.30. The molecule has 0 spiro atoms. The lowest BCUT2D eigenvalue weighted by Crippen LogP contribution is -2.38. The Morgan fingerprint density at radius 1 is 1.21 bits per heavy atom. The number of aromatic nitrogens is 1. The van der Waals surface area contributed by atoms with Gasteiger partial charge in [0.1, 0.15) is 0 Å². The van der Waals surface area contributed by atoms with Crippen LogP contribution in [0, 0.1) is 0 Å². The molecule has 0 radical (unpaired) electrons. The summed E-state index contributed by atoms with van der Waals surface area (Å²) in [7, 11) is -3.31. The molecule has 150 valence electrons. The fraction of sp³-hybridized carbons (Fsp3) is 0.400. The molecule has 0 N–H and O–H groups in total. The molecular weight excluding hydrogens is 398 g/mol. The summed E-state index contributed by atoms with van der Waals surface area (Å²) in [5.74, 6) is -0.0150. The second-order valence-electron chi connectivity index (χ2n) is 6.75. The molecule has 1 aromatic carbocycles. The second-order valence-corrected chi connectivity index (χ2v) is 9.17. The first kappa shape index (κ1) is 20.6. The third kappa shape index (κ3) is 4.64. The number of pyridine rings is 1. The highest BCUT2D eigenvalue weighted by Gasteiger charge is 2.27. The number of carbonyl (C=O) groups is 1. The maximum atomic E-state index is 12.9. The second kappa shape index (κ2) is 8.92. The zero-order valence-electron chi connectivity index (χ0n) is 15.8. The highest BCUT2D eigenvalue weighted by Crippen LogP contribution is 2.29. The standard InChI is InChI=1S/C20H24ClN3O3S/c1-2-23(13-9-16-7-10-22-11-8-16)20(25)18-6-5-17(15-19(18)21)24-12-3-4-14-28(24,26)27/h5-8,10-11,15H,2-4,9,12-14H2,1H3. The number of rotatable bonds is 6. The molecule has 6 nitrogen and oxygen atoms in total. The van der Waals surface area contributed by atoms with Crippen molar-refractivity contribution in [1.29, 1.82) is 0 Å². The van der Waals surface area contributed by atoms with Crippen molar-refractivity contribution in [2.45, 2.75) is 26.2 Å². The van der Waals surface area contributed by atoms with E-state index in [-0.39, 0.29) is 16.7 Å². The molecule has 0 bridgehead atoms. The number of sulfonamides is 1. The van der Waals surface area contributed by atoms with Crippen LogP contribution in [0.4, 0.5) is 5.69 Å². The normalized spacial score (nSPS) is 16.0. The predicted octanol–water partition coefficient (Wildman–Crippen LogP) is 3.37. The molecule has 3 rings (SSSR count). The fourth-order valence-corrected chi connectivity index (χ4v) is 5.19. The number of carbonyl (C=O) groups excluding carboxylic acids is 1. The van der Waals surface area contributed by atoms with Gasteiger partial charge in [-0.25, -0.2) is 8.42 Å². The largest absolute Gasteiger partial charge is 0.339 e. The van der Waals surface area contributed by atoms with E-state index in [2.05, 4.69) is 4.98 Å². The first-order valence-electron chi connectivity index (χ1n) is 9.40.